The SMILES string of the molecule is CC[C@@H](C)NC(=O)[C@H](CC)N(Cc1ccc(OC)cc1)C(=O)CN(c1ccc(C)cc1)S(C)(=O)=O. The first kappa shape index (κ1) is 28.2. The topological polar surface area (TPSA) is 96.0 Å². The van der Waals surface area contributed by atoms with Crippen molar-refractivity contribution in [1.82, 2.24) is 10.2 Å². The molecule has 0 aromatic heterocycles. The van der Waals surface area contributed by atoms with E-state index in [0.717, 1.165) is 28.1 Å². The monoisotopic (exact) mass is 503 g/mol. The van der Waals surface area contributed by atoms with E-state index in [2.05, 4.69) is 5.32 Å². The molecular weight excluding hydrogens is 466 g/mol. The fourth-order valence-corrected chi connectivity index (χ4v) is 4.46. The normalized spacial score (nSPS) is 13.0. The lowest BCUT2D eigenvalue weighted by molar-refractivity contribution is -0.140. The van der Waals surface area contributed by atoms with Crippen LogP contribution in [0.25, 0.3) is 0 Å². The zero-order chi connectivity index (χ0) is 26.2. The number of aryl methyl sites for hydroxylation is 1. The van der Waals surface area contributed by atoms with Crippen molar-refractivity contribution >= 4 is 27.5 Å². The number of methoxy groups -OCH3 is 1. The molecule has 0 fully saturated rings. The lowest BCUT2D eigenvalue weighted by Gasteiger charge is -2.33. The summed E-state index contributed by atoms with van der Waals surface area (Å²) >= 11 is 0. The van der Waals surface area contributed by atoms with Crippen LogP contribution in [0.4, 0.5) is 5.69 Å². The molecule has 0 unspecified atom stereocenters. The highest BCUT2D eigenvalue weighted by Gasteiger charge is 2.32. The van der Waals surface area contributed by atoms with Crippen LogP contribution in [0.2, 0.25) is 0 Å². The molecule has 35 heavy (non-hydrogen) atoms. The highest BCUT2D eigenvalue weighted by Crippen LogP contribution is 2.21. The molecule has 0 bridgehead atoms. The average molecular weight is 504 g/mol. The smallest absolute Gasteiger partial charge is 0.244 e. The van der Waals surface area contributed by atoms with Gasteiger partial charge in [0.25, 0.3) is 0 Å². The summed E-state index contributed by atoms with van der Waals surface area (Å²) in [6, 6.07) is 13.4. The predicted molar refractivity (Wildman–Crippen MR) is 139 cm³/mol. The first-order chi connectivity index (χ1) is 16.5. The number of rotatable bonds is 12. The summed E-state index contributed by atoms with van der Waals surface area (Å²) in [5.74, 6) is -0.0428. The summed E-state index contributed by atoms with van der Waals surface area (Å²) < 4.78 is 31.5. The Bertz CT molecular complexity index is 1080. The molecule has 0 aliphatic heterocycles. The van der Waals surface area contributed by atoms with Crippen LogP contribution in [-0.2, 0) is 26.2 Å². The minimum atomic E-state index is -3.75. The lowest BCUT2D eigenvalue weighted by atomic mass is 10.1. The zero-order valence-electron chi connectivity index (χ0n) is 21.4. The number of ether oxygens (including phenoxy) is 1. The van der Waals surface area contributed by atoms with E-state index >= 15 is 0 Å². The molecule has 0 aliphatic carbocycles. The Labute approximate surface area is 209 Å². The third-order valence-corrected chi connectivity index (χ3v) is 7.04. The molecule has 9 heteroatoms. The fraction of sp³-hybridized carbons (Fsp3) is 0.462. The highest BCUT2D eigenvalue weighted by atomic mass is 32.2. The summed E-state index contributed by atoms with van der Waals surface area (Å²) in [4.78, 5) is 28.2. The fourth-order valence-electron chi connectivity index (χ4n) is 3.61. The van der Waals surface area contributed by atoms with E-state index in [1.165, 1.54) is 4.90 Å². The van der Waals surface area contributed by atoms with Crippen LogP contribution in [-0.4, -0.2) is 57.1 Å². The maximum absolute atomic E-state index is 13.6. The van der Waals surface area contributed by atoms with Crippen molar-refractivity contribution in [1.29, 1.82) is 0 Å². The molecule has 2 atom stereocenters. The van der Waals surface area contributed by atoms with Crippen molar-refractivity contribution in [2.24, 2.45) is 0 Å². The van der Waals surface area contributed by atoms with Gasteiger partial charge in [0.15, 0.2) is 0 Å². The lowest BCUT2D eigenvalue weighted by Crippen LogP contribution is -2.53. The molecule has 0 saturated heterocycles. The number of anilines is 1. The summed E-state index contributed by atoms with van der Waals surface area (Å²) in [5.41, 5.74) is 2.17. The van der Waals surface area contributed by atoms with Crippen LogP contribution in [0.1, 0.15) is 44.7 Å². The number of benzene rings is 2. The summed E-state index contributed by atoms with van der Waals surface area (Å²) in [6.07, 6.45) is 2.21. The van der Waals surface area contributed by atoms with E-state index in [4.69, 9.17) is 4.74 Å². The van der Waals surface area contributed by atoms with Gasteiger partial charge in [0.1, 0.15) is 18.3 Å². The number of sulfonamides is 1. The van der Waals surface area contributed by atoms with Gasteiger partial charge in [-0.1, -0.05) is 43.7 Å². The summed E-state index contributed by atoms with van der Waals surface area (Å²) in [7, 11) is -2.18. The van der Waals surface area contributed by atoms with Gasteiger partial charge in [0.2, 0.25) is 21.8 Å². The number of amides is 2. The minimum Gasteiger partial charge on any atom is -0.497 e. The average Bonchev–Trinajstić information content (AvgIpc) is 2.82. The Kier molecular flexibility index (Phi) is 10.1. The second kappa shape index (κ2) is 12.6. The van der Waals surface area contributed by atoms with Crippen molar-refractivity contribution in [3.63, 3.8) is 0 Å². The van der Waals surface area contributed by atoms with Crippen LogP contribution in [0.3, 0.4) is 0 Å². The maximum Gasteiger partial charge on any atom is 0.244 e. The minimum absolute atomic E-state index is 0.0467. The van der Waals surface area contributed by atoms with E-state index < -0.39 is 28.5 Å². The largest absolute Gasteiger partial charge is 0.497 e. The standard InChI is InChI=1S/C26H37N3O5S/c1-7-20(4)27-26(31)24(8-2)28(17-21-11-15-23(34-5)16-12-21)25(30)18-29(35(6,32)33)22-13-9-19(3)10-14-22/h9-16,20,24H,7-8,17-18H2,1-6H3,(H,27,31)/t20-,24+/m1/s1. The van der Waals surface area contributed by atoms with Gasteiger partial charge in [0, 0.05) is 12.6 Å². The molecule has 0 aliphatic rings. The van der Waals surface area contributed by atoms with Gasteiger partial charge in [0.05, 0.1) is 19.1 Å². The first-order valence-electron chi connectivity index (χ1n) is 11.8. The molecule has 2 amide bonds. The van der Waals surface area contributed by atoms with Gasteiger partial charge in [-0.3, -0.25) is 13.9 Å². The molecule has 0 spiro atoms. The van der Waals surface area contributed by atoms with E-state index in [-0.39, 0.29) is 18.5 Å². The third kappa shape index (κ3) is 7.99. The van der Waals surface area contributed by atoms with Gasteiger partial charge in [-0.25, -0.2) is 8.42 Å². The molecule has 0 radical (unpaired) electrons. The van der Waals surface area contributed by atoms with Crippen molar-refractivity contribution in [2.45, 2.75) is 59.2 Å². The van der Waals surface area contributed by atoms with Crippen LogP contribution < -0.4 is 14.4 Å². The molecule has 0 heterocycles. The maximum atomic E-state index is 13.6. The Morgan fingerprint density at radius 2 is 1.60 bits per heavy atom. The number of nitrogens with one attached hydrogen (secondary N) is 1. The zero-order valence-corrected chi connectivity index (χ0v) is 22.3. The number of carbonyl (C=O) groups excluding carboxylic acids is 2. The Morgan fingerprint density at radius 1 is 1.00 bits per heavy atom. The first-order valence-corrected chi connectivity index (χ1v) is 13.6. The second-order valence-corrected chi connectivity index (χ2v) is 10.6. The van der Waals surface area contributed by atoms with Gasteiger partial charge >= 0.3 is 0 Å². The van der Waals surface area contributed by atoms with Crippen LogP contribution in [0.15, 0.2) is 48.5 Å². The second-order valence-electron chi connectivity index (χ2n) is 8.72. The van der Waals surface area contributed by atoms with Crippen LogP contribution in [0.5, 0.6) is 5.75 Å². The molecule has 2 rings (SSSR count). The molecule has 192 valence electrons. The molecule has 2 aromatic carbocycles. The van der Waals surface area contributed by atoms with E-state index in [0.29, 0.717) is 17.9 Å². The third-order valence-electron chi connectivity index (χ3n) is 5.90. The van der Waals surface area contributed by atoms with Crippen molar-refractivity contribution in [2.75, 3.05) is 24.2 Å². The summed E-state index contributed by atoms with van der Waals surface area (Å²) in [5, 5.41) is 2.96. The molecular formula is C26H37N3O5S. The summed E-state index contributed by atoms with van der Waals surface area (Å²) in [6.45, 7) is 7.36. The molecule has 2 aromatic rings. The van der Waals surface area contributed by atoms with Crippen molar-refractivity contribution in [3.05, 3.63) is 59.7 Å². The Balaban J connectivity index is 2.42. The van der Waals surface area contributed by atoms with Crippen LogP contribution in [0, 0.1) is 6.92 Å². The number of nitrogens with zero attached hydrogens (tertiary/aromatic N) is 2. The highest BCUT2D eigenvalue weighted by molar-refractivity contribution is 7.92. The number of hydrogen-bond donors (Lipinski definition) is 1. The Hall–Kier alpha value is -3.07. The van der Waals surface area contributed by atoms with Crippen molar-refractivity contribution in [3.8, 4) is 5.75 Å². The number of carbonyl (C=O) groups is 2. The van der Waals surface area contributed by atoms with Gasteiger partial charge in [-0.05, 0) is 56.5 Å². The number of hydrogen-bond acceptors (Lipinski definition) is 5. The molecule has 1 N–H and O–H groups in total. The Morgan fingerprint density at radius 3 is 2.09 bits per heavy atom. The quantitative estimate of drug-likeness (QED) is 0.478. The van der Waals surface area contributed by atoms with Gasteiger partial charge in [-0.15, -0.1) is 0 Å². The predicted octanol–water partition coefficient (Wildman–Crippen LogP) is 3.49. The van der Waals surface area contributed by atoms with Crippen molar-refractivity contribution < 1.29 is 22.7 Å². The van der Waals surface area contributed by atoms with E-state index in [1.807, 2.05) is 39.8 Å². The van der Waals surface area contributed by atoms with E-state index in [1.54, 1.807) is 43.5 Å². The van der Waals surface area contributed by atoms with E-state index in [9.17, 15) is 18.0 Å². The van der Waals surface area contributed by atoms with Crippen LogP contribution >= 0.6 is 0 Å². The molecule has 0 saturated carbocycles. The van der Waals surface area contributed by atoms with Gasteiger partial charge in [-0.2, -0.15) is 0 Å². The van der Waals surface area contributed by atoms with Gasteiger partial charge < -0.3 is 15.0 Å². The molecule has 8 nitrogen and oxygen atoms in total.